The van der Waals surface area contributed by atoms with Gasteiger partial charge in [0.1, 0.15) is 11.6 Å². The Bertz CT molecular complexity index is 1580. The smallest absolute Gasteiger partial charge is 0.338 e. The summed E-state index contributed by atoms with van der Waals surface area (Å²) in [6, 6.07) is 17.6. The first-order chi connectivity index (χ1) is 17.7. The molecule has 1 heterocycles. The largest absolute Gasteiger partial charge is 0.497 e. The minimum absolute atomic E-state index is 0.0680. The minimum Gasteiger partial charge on any atom is -0.497 e. The van der Waals surface area contributed by atoms with Crippen LogP contribution in [0.25, 0.3) is 10.9 Å². The van der Waals surface area contributed by atoms with Crippen LogP contribution in [-0.4, -0.2) is 37.4 Å². The van der Waals surface area contributed by atoms with Gasteiger partial charge in [-0.05, 0) is 73.2 Å². The number of halogens is 1. The number of ether oxygens (including phenoxy) is 2. The van der Waals surface area contributed by atoms with E-state index in [9.17, 15) is 22.4 Å². The number of aromatic nitrogens is 1. The lowest BCUT2D eigenvalue weighted by molar-refractivity contribution is 0.0526. The van der Waals surface area contributed by atoms with E-state index < -0.39 is 27.4 Å². The monoisotopic (exact) mass is 524 g/mol. The first-order valence-corrected chi connectivity index (χ1v) is 12.9. The summed E-state index contributed by atoms with van der Waals surface area (Å²) in [6.45, 7) is 1.50. The van der Waals surface area contributed by atoms with E-state index in [1.807, 2.05) is 0 Å². The summed E-state index contributed by atoms with van der Waals surface area (Å²) in [4.78, 5) is 27.5. The molecule has 0 saturated heterocycles. The van der Waals surface area contributed by atoms with Gasteiger partial charge >= 0.3 is 5.97 Å². The second-order valence-corrected chi connectivity index (χ2v) is 10.2. The van der Waals surface area contributed by atoms with Crippen LogP contribution in [0.15, 0.2) is 82.5 Å². The van der Waals surface area contributed by atoms with Crippen molar-refractivity contribution in [3.05, 3.63) is 106 Å². The molecule has 0 unspecified atom stereocenters. The molecule has 192 valence electrons. The molecule has 0 radical (unpaired) electrons. The Labute approximate surface area is 213 Å². The zero-order valence-electron chi connectivity index (χ0n) is 20.2. The van der Waals surface area contributed by atoms with E-state index in [1.165, 1.54) is 55.6 Å². The van der Waals surface area contributed by atoms with Crippen molar-refractivity contribution in [2.75, 3.05) is 13.7 Å². The molecule has 1 N–H and O–H groups in total. The molecule has 4 aromatic rings. The number of carbonyl (C=O) groups excluding carboxylic acids is 1. The molecule has 0 bridgehead atoms. The number of methoxy groups -OCH3 is 1. The summed E-state index contributed by atoms with van der Waals surface area (Å²) in [7, 11) is -2.61. The first-order valence-electron chi connectivity index (χ1n) is 11.4. The van der Waals surface area contributed by atoms with Crippen molar-refractivity contribution in [3.8, 4) is 5.75 Å². The molecule has 0 spiro atoms. The number of nitrogens with one attached hydrogen (secondary N) is 1. The van der Waals surface area contributed by atoms with Gasteiger partial charge in [0.2, 0.25) is 10.0 Å². The number of aromatic amines is 1. The van der Waals surface area contributed by atoms with Crippen LogP contribution in [0.1, 0.15) is 28.4 Å². The fourth-order valence-corrected chi connectivity index (χ4v) is 5.22. The van der Waals surface area contributed by atoms with Crippen molar-refractivity contribution < 1.29 is 27.1 Å². The zero-order valence-corrected chi connectivity index (χ0v) is 21.0. The molecule has 1 aromatic heterocycles. The van der Waals surface area contributed by atoms with Crippen molar-refractivity contribution in [3.63, 3.8) is 0 Å². The Morgan fingerprint density at radius 1 is 0.973 bits per heavy atom. The molecule has 0 aliphatic rings. The number of benzene rings is 3. The number of H-pyrrole nitrogens is 1. The number of hydrogen-bond donors (Lipinski definition) is 1. The fourth-order valence-electron chi connectivity index (χ4n) is 3.81. The SMILES string of the molecule is CCOC(=O)c1ccc(S(=O)(=O)N(Cc2ccc(F)cc2)Cc2cc3cc(OC)ccc3[nH]c2=O)cc1. The van der Waals surface area contributed by atoms with Crippen LogP contribution < -0.4 is 10.3 Å². The van der Waals surface area contributed by atoms with Gasteiger partial charge in [0, 0.05) is 29.6 Å². The average molecular weight is 525 g/mol. The zero-order chi connectivity index (χ0) is 26.6. The Morgan fingerprint density at radius 3 is 2.32 bits per heavy atom. The third kappa shape index (κ3) is 5.87. The number of fused-ring (bicyclic) bond motifs is 1. The van der Waals surface area contributed by atoms with Crippen LogP contribution in [0.4, 0.5) is 4.39 Å². The maximum absolute atomic E-state index is 13.7. The van der Waals surface area contributed by atoms with Gasteiger partial charge in [0.15, 0.2) is 0 Å². The van der Waals surface area contributed by atoms with E-state index in [1.54, 1.807) is 31.2 Å². The molecule has 0 atom stereocenters. The Hall–Kier alpha value is -4.02. The molecule has 0 saturated carbocycles. The van der Waals surface area contributed by atoms with Crippen LogP contribution in [-0.2, 0) is 27.8 Å². The van der Waals surface area contributed by atoms with Gasteiger partial charge in [0.25, 0.3) is 5.56 Å². The number of sulfonamides is 1. The van der Waals surface area contributed by atoms with Crippen molar-refractivity contribution in [2.24, 2.45) is 0 Å². The van der Waals surface area contributed by atoms with Gasteiger partial charge < -0.3 is 14.5 Å². The van der Waals surface area contributed by atoms with E-state index in [0.29, 0.717) is 22.2 Å². The summed E-state index contributed by atoms with van der Waals surface area (Å²) in [5, 5.41) is 0.673. The number of nitrogens with zero attached hydrogens (tertiary/aromatic N) is 1. The van der Waals surface area contributed by atoms with E-state index in [-0.39, 0.29) is 35.7 Å². The quantitative estimate of drug-likeness (QED) is 0.328. The summed E-state index contributed by atoms with van der Waals surface area (Å²) >= 11 is 0. The predicted octanol–water partition coefficient (Wildman–Crippen LogP) is 4.24. The summed E-state index contributed by atoms with van der Waals surface area (Å²) in [5.74, 6) is -0.427. The molecule has 8 nitrogen and oxygen atoms in total. The van der Waals surface area contributed by atoms with Gasteiger partial charge in [0.05, 0.1) is 24.2 Å². The molecule has 0 fully saturated rings. The highest BCUT2D eigenvalue weighted by molar-refractivity contribution is 7.89. The van der Waals surface area contributed by atoms with Crippen LogP contribution in [0.2, 0.25) is 0 Å². The lowest BCUT2D eigenvalue weighted by Crippen LogP contribution is -2.32. The molecule has 0 amide bonds. The summed E-state index contributed by atoms with van der Waals surface area (Å²) < 4.78 is 52.2. The van der Waals surface area contributed by atoms with Crippen LogP contribution in [0, 0.1) is 5.82 Å². The maximum atomic E-state index is 13.7. The molecule has 4 rings (SSSR count). The van der Waals surface area contributed by atoms with Crippen molar-refractivity contribution >= 4 is 26.9 Å². The molecule has 3 aromatic carbocycles. The van der Waals surface area contributed by atoms with Gasteiger partial charge in [-0.3, -0.25) is 4.79 Å². The highest BCUT2D eigenvalue weighted by atomic mass is 32.2. The molecule has 37 heavy (non-hydrogen) atoms. The number of rotatable bonds is 9. The van der Waals surface area contributed by atoms with Crippen molar-refractivity contribution in [1.29, 1.82) is 0 Å². The fraction of sp³-hybridized carbons (Fsp3) is 0.185. The first kappa shape index (κ1) is 26.1. The molecule has 0 aliphatic carbocycles. The summed E-state index contributed by atoms with van der Waals surface area (Å²) in [5.41, 5.74) is 1.11. The lowest BCUT2D eigenvalue weighted by atomic mass is 10.1. The van der Waals surface area contributed by atoms with Crippen LogP contribution in [0.5, 0.6) is 5.75 Å². The highest BCUT2D eigenvalue weighted by Crippen LogP contribution is 2.24. The van der Waals surface area contributed by atoms with Crippen molar-refractivity contribution in [1.82, 2.24) is 9.29 Å². The van der Waals surface area contributed by atoms with E-state index in [4.69, 9.17) is 9.47 Å². The van der Waals surface area contributed by atoms with Gasteiger partial charge in [-0.25, -0.2) is 17.6 Å². The van der Waals surface area contributed by atoms with Gasteiger partial charge in [-0.15, -0.1) is 0 Å². The van der Waals surface area contributed by atoms with Gasteiger partial charge in [-0.1, -0.05) is 12.1 Å². The molecule has 0 aliphatic heterocycles. The maximum Gasteiger partial charge on any atom is 0.338 e. The van der Waals surface area contributed by atoms with Crippen molar-refractivity contribution in [2.45, 2.75) is 24.9 Å². The highest BCUT2D eigenvalue weighted by Gasteiger charge is 2.26. The van der Waals surface area contributed by atoms with Gasteiger partial charge in [-0.2, -0.15) is 4.31 Å². The lowest BCUT2D eigenvalue weighted by Gasteiger charge is -2.22. The van der Waals surface area contributed by atoms with E-state index >= 15 is 0 Å². The third-order valence-electron chi connectivity index (χ3n) is 5.75. The molecular formula is C27H25FN2O6S. The minimum atomic E-state index is -4.14. The molecule has 10 heteroatoms. The molecular weight excluding hydrogens is 499 g/mol. The number of esters is 1. The second-order valence-electron chi connectivity index (χ2n) is 8.22. The van der Waals surface area contributed by atoms with Crippen LogP contribution >= 0.6 is 0 Å². The standard InChI is InChI=1S/C27H25FN2O6S/c1-3-36-27(32)19-6-11-24(12-7-19)37(33,34)30(16-18-4-8-22(28)9-5-18)17-21-14-20-15-23(35-2)10-13-25(20)29-26(21)31/h4-15H,3,16-17H2,1-2H3,(H,29,31). The number of pyridine rings is 1. The van der Waals surface area contributed by atoms with Crippen LogP contribution in [0.3, 0.4) is 0 Å². The normalized spacial score (nSPS) is 11.6. The Morgan fingerprint density at radius 2 is 1.68 bits per heavy atom. The van der Waals surface area contributed by atoms with E-state index in [2.05, 4.69) is 4.98 Å². The number of carbonyl (C=O) groups is 1. The Balaban J connectivity index is 1.74. The third-order valence-corrected chi connectivity index (χ3v) is 7.56. The number of hydrogen-bond acceptors (Lipinski definition) is 6. The topological polar surface area (TPSA) is 106 Å². The summed E-state index contributed by atoms with van der Waals surface area (Å²) in [6.07, 6.45) is 0. The predicted molar refractivity (Wildman–Crippen MR) is 136 cm³/mol. The average Bonchev–Trinajstić information content (AvgIpc) is 2.89. The Kier molecular flexibility index (Phi) is 7.70. The van der Waals surface area contributed by atoms with E-state index in [0.717, 1.165) is 4.31 Å². The second kappa shape index (κ2) is 10.9.